The summed E-state index contributed by atoms with van der Waals surface area (Å²) in [4.78, 5) is 18.0. The van der Waals surface area contributed by atoms with Gasteiger partial charge in [0.2, 0.25) is 0 Å². The van der Waals surface area contributed by atoms with Crippen LogP contribution in [0.1, 0.15) is 5.56 Å². The minimum atomic E-state index is -0.317. The number of hydrogen-bond acceptors (Lipinski definition) is 7. The fraction of sp³-hybridized carbons (Fsp3) is 0.125. The zero-order valence-electron chi connectivity index (χ0n) is 17.8. The molecule has 3 aromatic carbocycles. The Morgan fingerprint density at radius 3 is 2.41 bits per heavy atom. The van der Waals surface area contributed by atoms with Gasteiger partial charge in [-0.3, -0.25) is 4.79 Å². The van der Waals surface area contributed by atoms with Crippen LogP contribution >= 0.6 is 0 Å². The van der Waals surface area contributed by atoms with Gasteiger partial charge in [-0.25, -0.2) is 4.98 Å². The largest absolute Gasteiger partial charge is 0.504 e. The lowest BCUT2D eigenvalue weighted by Gasteiger charge is -2.12. The number of nitrogens with zero attached hydrogens (tertiary/aromatic N) is 3. The van der Waals surface area contributed by atoms with Crippen LogP contribution in [0, 0.1) is 0 Å². The Kier molecular flexibility index (Phi) is 5.76. The van der Waals surface area contributed by atoms with Crippen molar-refractivity contribution in [2.45, 2.75) is 0 Å². The van der Waals surface area contributed by atoms with Crippen molar-refractivity contribution >= 4 is 17.1 Å². The fourth-order valence-electron chi connectivity index (χ4n) is 3.29. The highest BCUT2D eigenvalue weighted by molar-refractivity contribution is 5.83. The van der Waals surface area contributed by atoms with Crippen LogP contribution in [0.5, 0.6) is 23.0 Å². The minimum absolute atomic E-state index is 0.0141. The number of hydrogen-bond donors (Lipinski definition) is 1. The van der Waals surface area contributed by atoms with E-state index >= 15 is 0 Å². The van der Waals surface area contributed by atoms with Gasteiger partial charge in [0.1, 0.15) is 0 Å². The van der Waals surface area contributed by atoms with Crippen molar-refractivity contribution in [2.75, 3.05) is 21.3 Å². The molecule has 4 rings (SSSR count). The molecule has 0 aliphatic rings. The summed E-state index contributed by atoms with van der Waals surface area (Å²) in [5.41, 5.74) is 1.51. The summed E-state index contributed by atoms with van der Waals surface area (Å²) in [6.07, 6.45) is 1.50. The van der Waals surface area contributed by atoms with E-state index < -0.39 is 0 Å². The Morgan fingerprint density at radius 2 is 1.66 bits per heavy atom. The van der Waals surface area contributed by atoms with Gasteiger partial charge < -0.3 is 19.3 Å². The quantitative estimate of drug-likeness (QED) is 0.468. The highest BCUT2D eigenvalue weighted by Crippen LogP contribution is 2.32. The third kappa shape index (κ3) is 3.85. The van der Waals surface area contributed by atoms with Gasteiger partial charge in [0.15, 0.2) is 28.8 Å². The molecule has 0 radical (unpaired) electrons. The van der Waals surface area contributed by atoms with Crippen molar-refractivity contribution in [3.63, 3.8) is 0 Å². The number of phenolic OH excluding ortho intramolecular Hbond substituents is 1. The molecule has 0 atom stereocenters. The second-order valence-electron chi connectivity index (χ2n) is 6.82. The SMILES string of the molecule is COc1cc(C=Nn2c(-c3ccc(OC)c(OC)c3)nc3ccccc3c2=O)ccc1O. The molecule has 1 aromatic heterocycles. The van der Waals surface area contributed by atoms with E-state index in [1.54, 1.807) is 62.8 Å². The zero-order chi connectivity index (χ0) is 22.7. The molecule has 0 spiro atoms. The molecule has 1 heterocycles. The van der Waals surface area contributed by atoms with Crippen molar-refractivity contribution in [3.05, 3.63) is 76.6 Å². The molecule has 0 bridgehead atoms. The molecule has 8 nitrogen and oxygen atoms in total. The van der Waals surface area contributed by atoms with Gasteiger partial charge in [0.25, 0.3) is 5.56 Å². The van der Waals surface area contributed by atoms with E-state index in [1.807, 2.05) is 6.07 Å². The van der Waals surface area contributed by atoms with E-state index in [2.05, 4.69) is 10.1 Å². The lowest BCUT2D eigenvalue weighted by Crippen LogP contribution is -2.20. The van der Waals surface area contributed by atoms with Crippen LogP contribution in [0.25, 0.3) is 22.3 Å². The zero-order valence-corrected chi connectivity index (χ0v) is 17.8. The van der Waals surface area contributed by atoms with Crippen molar-refractivity contribution in [3.8, 4) is 34.4 Å². The number of rotatable bonds is 6. The van der Waals surface area contributed by atoms with Gasteiger partial charge in [-0.15, -0.1) is 0 Å². The normalized spacial score (nSPS) is 11.1. The van der Waals surface area contributed by atoms with E-state index in [-0.39, 0.29) is 11.3 Å². The number of fused-ring (bicyclic) bond motifs is 1. The van der Waals surface area contributed by atoms with Crippen molar-refractivity contribution in [1.29, 1.82) is 0 Å². The number of methoxy groups -OCH3 is 3. The molecule has 32 heavy (non-hydrogen) atoms. The number of benzene rings is 3. The first-order chi connectivity index (χ1) is 15.5. The maximum absolute atomic E-state index is 13.3. The molecule has 0 unspecified atom stereocenters. The third-order valence-corrected chi connectivity index (χ3v) is 4.92. The highest BCUT2D eigenvalue weighted by Gasteiger charge is 2.15. The Balaban J connectivity index is 1.91. The molecule has 0 saturated carbocycles. The third-order valence-electron chi connectivity index (χ3n) is 4.92. The van der Waals surface area contributed by atoms with Crippen LogP contribution < -0.4 is 19.8 Å². The second kappa shape index (κ2) is 8.81. The standard InChI is InChI=1S/C24H21N3O5/c1-30-20-11-9-16(13-22(20)32-3)23-26-18-7-5-4-6-17(18)24(29)27(23)25-14-15-8-10-19(28)21(12-15)31-2/h4-14,28H,1-3H3. The molecule has 0 aliphatic heterocycles. The van der Waals surface area contributed by atoms with Crippen molar-refractivity contribution in [2.24, 2.45) is 5.10 Å². The first-order valence-corrected chi connectivity index (χ1v) is 9.71. The molecular formula is C24H21N3O5. The van der Waals surface area contributed by atoms with Crippen LogP contribution in [0.4, 0.5) is 0 Å². The van der Waals surface area contributed by atoms with Gasteiger partial charge >= 0.3 is 0 Å². The van der Waals surface area contributed by atoms with E-state index in [4.69, 9.17) is 14.2 Å². The van der Waals surface area contributed by atoms with Crippen LogP contribution in [0.15, 0.2) is 70.6 Å². The Hall–Kier alpha value is -4.33. The number of phenols is 1. The van der Waals surface area contributed by atoms with E-state index in [0.29, 0.717) is 45.1 Å². The van der Waals surface area contributed by atoms with Gasteiger partial charge in [0.05, 0.1) is 38.4 Å². The summed E-state index contributed by atoms with van der Waals surface area (Å²) in [7, 11) is 4.56. The van der Waals surface area contributed by atoms with E-state index in [0.717, 1.165) is 0 Å². The summed E-state index contributed by atoms with van der Waals surface area (Å²) in [5, 5.41) is 14.7. The summed E-state index contributed by atoms with van der Waals surface area (Å²) < 4.78 is 17.1. The summed E-state index contributed by atoms with van der Waals surface area (Å²) in [5.74, 6) is 1.73. The van der Waals surface area contributed by atoms with Gasteiger partial charge in [-0.1, -0.05) is 12.1 Å². The van der Waals surface area contributed by atoms with Crippen molar-refractivity contribution < 1.29 is 19.3 Å². The highest BCUT2D eigenvalue weighted by atomic mass is 16.5. The molecular weight excluding hydrogens is 410 g/mol. The monoisotopic (exact) mass is 431 g/mol. The van der Waals surface area contributed by atoms with Gasteiger partial charge in [-0.05, 0) is 54.1 Å². The minimum Gasteiger partial charge on any atom is -0.504 e. The molecule has 0 fully saturated rings. The molecule has 0 aliphatic carbocycles. The van der Waals surface area contributed by atoms with Gasteiger partial charge in [0, 0.05) is 5.56 Å². The van der Waals surface area contributed by atoms with Gasteiger partial charge in [-0.2, -0.15) is 9.78 Å². The number of aromatic hydroxyl groups is 1. The summed E-state index contributed by atoms with van der Waals surface area (Å²) in [6.45, 7) is 0. The summed E-state index contributed by atoms with van der Waals surface area (Å²) >= 11 is 0. The lowest BCUT2D eigenvalue weighted by atomic mass is 10.1. The Morgan fingerprint density at radius 1 is 0.906 bits per heavy atom. The number of para-hydroxylation sites is 1. The molecule has 0 amide bonds. The van der Waals surface area contributed by atoms with E-state index in [9.17, 15) is 9.90 Å². The van der Waals surface area contributed by atoms with Crippen LogP contribution in [0.2, 0.25) is 0 Å². The predicted octanol–water partition coefficient (Wildman–Crippen LogP) is 3.68. The van der Waals surface area contributed by atoms with Crippen molar-refractivity contribution in [1.82, 2.24) is 9.66 Å². The average molecular weight is 431 g/mol. The Bertz CT molecular complexity index is 1380. The topological polar surface area (TPSA) is 95.2 Å². The van der Waals surface area contributed by atoms with Crippen LogP contribution in [0.3, 0.4) is 0 Å². The molecule has 162 valence electrons. The molecule has 0 saturated heterocycles. The lowest BCUT2D eigenvalue weighted by molar-refractivity contribution is 0.355. The molecule has 8 heteroatoms. The van der Waals surface area contributed by atoms with Crippen LogP contribution in [-0.2, 0) is 0 Å². The first kappa shape index (κ1) is 20.9. The maximum Gasteiger partial charge on any atom is 0.282 e. The Labute approximate surface area is 183 Å². The number of aromatic nitrogens is 2. The van der Waals surface area contributed by atoms with Crippen LogP contribution in [-0.4, -0.2) is 42.3 Å². The fourth-order valence-corrected chi connectivity index (χ4v) is 3.29. The molecule has 1 N–H and O–H groups in total. The second-order valence-corrected chi connectivity index (χ2v) is 6.82. The molecule has 4 aromatic rings. The van der Waals surface area contributed by atoms with E-state index in [1.165, 1.54) is 24.1 Å². The number of ether oxygens (including phenoxy) is 3. The predicted molar refractivity (Wildman–Crippen MR) is 122 cm³/mol. The maximum atomic E-state index is 13.3. The first-order valence-electron chi connectivity index (χ1n) is 9.71. The smallest absolute Gasteiger partial charge is 0.282 e. The summed E-state index contributed by atoms with van der Waals surface area (Å²) in [6, 6.07) is 17.1. The average Bonchev–Trinajstić information content (AvgIpc) is 2.83.